The van der Waals surface area contributed by atoms with Gasteiger partial charge < -0.3 is 5.32 Å². The van der Waals surface area contributed by atoms with E-state index in [1.165, 1.54) is 0 Å². The van der Waals surface area contributed by atoms with Gasteiger partial charge in [-0.05, 0) is 13.3 Å². The number of hydrogen-bond donors (Lipinski definition) is 1. The molecule has 0 spiro atoms. The summed E-state index contributed by atoms with van der Waals surface area (Å²) in [7, 11) is 0. The molecule has 1 saturated heterocycles. The highest BCUT2D eigenvalue weighted by molar-refractivity contribution is 5.84. The van der Waals surface area contributed by atoms with Gasteiger partial charge in [0.1, 0.15) is 5.78 Å². The highest BCUT2D eigenvalue weighted by Crippen LogP contribution is 2.27. The van der Waals surface area contributed by atoms with E-state index >= 15 is 0 Å². The molecule has 0 unspecified atom stereocenters. The van der Waals surface area contributed by atoms with E-state index in [-0.39, 0.29) is 11.2 Å². The van der Waals surface area contributed by atoms with Gasteiger partial charge in [-0.3, -0.25) is 4.79 Å². The molecule has 0 amide bonds. The zero-order valence-electron chi connectivity index (χ0n) is 6.31. The number of rotatable bonds is 3. The molecule has 0 radical (unpaired) electrons. The number of carbonyl (C=O) groups is 1. The third kappa shape index (κ3) is 0.991. The first-order chi connectivity index (χ1) is 4.71. The fraction of sp³-hybridized carbons (Fsp3) is 0.625. The lowest BCUT2D eigenvalue weighted by atomic mass is 9.75. The highest BCUT2D eigenvalue weighted by atomic mass is 16.1. The van der Waals surface area contributed by atoms with Gasteiger partial charge in [0.2, 0.25) is 0 Å². The normalized spacial score (nSPS) is 21.3. The quantitative estimate of drug-likeness (QED) is 0.584. The van der Waals surface area contributed by atoms with Crippen LogP contribution in [0.4, 0.5) is 0 Å². The average Bonchev–Trinajstić information content (AvgIpc) is 1.77. The summed E-state index contributed by atoms with van der Waals surface area (Å²) in [4.78, 5) is 11.1. The Hall–Kier alpha value is -0.630. The van der Waals surface area contributed by atoms with E-state index in [9.17, 15) is 4.79 Å². The number of ketones is 1. The molecule has 0 aromatic heterocycles. The van der Waals surface area contributed by atoms with E-state index in [4.69, 9.17) is 0 Å². The monoisotopic (exact) mass is 139 g/mol. The van der Waals surface area contributed by atoms with Crippen LogP contribution in [0.3, 0.4) is 0 Å². The minimum Gasteiger partial charge on any atom is -0.315 e. The Morgan fingerprint density at radius 2 is 2.40 bits per heavy atom. The molecule has 10 heavy (non-hydrogen) atoms. The summed E-state index contributed by atoms with van der Waals surface area (Å²) in [6.45, 7) is 6.94. The van der Waals surface area contributed by atoms with E-state index in [0.29, 0.717) is 0 Å². The second kappa shape index (κ2) is 2.54. The topological polar surface area (TPSA) is 29.1 Å². The van der Waals surface area contributed by atoms with Gasteiger partial charge in [0.05, 0.1) is 5.41 Å². The zero-order valence-corrected chi connectivity index (χ0v) is 6.31. The van der Waals surface area contributed by atoms with E-state index in [0.717, 1.165) is 19.5 Å². The van der Waals surface area contributed by atoms with Crippen molar-refractivity contribution in [2.75, 3.05) is 13.1 Å². The second-order valence-electron chi connectivity index (χ2n) is 2.93. The highest BCUT2D eigenvalue weighted by Gasteiger charge is 2.39. The SMILES string of the molecule is C=CCC1(C(C)=O)CNC1. The Kier molecular flexibility index (Phi) is 1.90. The fourth-order valence-corrected chi connectivity index (χ4v) is 1.24. The van der Waals surface area contributed by atoms with Crippen molar-refractivity contribution in [2.45, 2.75) is 13.3 Å². The van der Waals surface area contributed by atoms with E-state index in [1.54, 1.807) is 6.92 Å². The standard InChI is InChI=1S/C8H13NO/c1-3-4-8(7(2)10)5-9-6-8/h3,9H,1,4-6H2,2H3. The van der Waals surface area contributed by atoms with Gasteiger partial charge in [-0.1, -0.05) is 6.08 Å². The van der Waals surface area contributed by atoms with E-state index in [2.05, 4.69) is 11.9 Å². The summed E-state index contributed by atoms with van der Waals surface area (Å²) in [6.07, 6.45) is 2.64. The van der Waals surface area contributed by atoms with Crippen LogP contribution in [-0.2, 0) is 4.79 Å². The first-order valence-electron chi connectivity index (χ1n) is 3.54. The molecule has 0 aliphatic carbocycles. The molecule has 1 aliphatic heterocycles. The van der Waals surface area contributed by atoms with Gasteiger partial charge in [0, 0.05) is 13.1 Å². The molecular weight excluding hydrogens is 126 g/mol. The van der Waals surface area contributed by atoms with Crippen molar-refractivity contribution in [3.63, 3.8) is 0 Å². The average molecular weight is 139 g/mol. The zero-order chi connectivity index (χ0) is 7.61. The molecule has 0 bridgehead atoms. The minimum absolute atomic E-state index is 0.0955. The van der Waals surface area contributed by atoms with Crippen molar-refractivity contribution in [3.05, 3.63) is 12.7 Å². The summed E-state index contributed by atoms with van der Waals surface area (Å²) in [5.41, 5.74) is -0.0955. The maximum atomic E-state index is 11.1. The molecule has 2 heteroatoms. The van der Waals surface area contributed by atoms with Gasteiger partial charge in [-0.2, -0.15) is 0 Å². The largest absolute Gasteiger partial charge is 0.315 e. The Bertz CT molecular complexity index is 159. The third-order valence-corrected chi connectivity index (χ3v) is 2.21. The van der Waals surface area contributed by atoms with Crippen LogP contribution in [0.2, 0.25) is 0 Å². The molecule has 1 N–H and O–H groups in total. The van der Waals surface area contributed by atoms with Gasteiger partial charge in [-0.15, -0.1) is 6.58 Å². The van der Waals surface area contributed by atoms with Crippen LogP contribution in [0.25, 0.3) is 0 Å². The van der Waals surface area contributed by atoms with Crippen LogP contribution >= 0.6 is 0 Å². The van der Waals surface area contributed by atoms with Crippen molar-refractivity contribution >= 4 is 5.78 Å². The van der Waals surface area contributed by atoms with E-state index < -0.39 is 0 Å². The van der Waals surface area contributed by atoms with Crippen LogP contribution in [0.5, 0.6) is 0 Å². The lowest BCUT2D eigenvalue weighted by Gasteiger charge is -2.39. The molecule has 0 aromatic rings. The first-order valence-corrected chi connectivity index (χ1v) is 3.54. The Balaban J connectivity index is 2.58. The third-order valence-electron chi connectivity index (χ3n) is 2.21. The van der Waals surface area contributed by atoms with Crippen molar-refractivity contribution in [3.8, 4) is 0 Å². The van der Waals surface area contributed by atoms with Crippen LogP contribution in [-0.4, -0.2) is 18.9 Å². The predicted octanol–water partition coefficient (Wildman–Crippen LogP) is 0.741. The number of allylic oxidation sites excluding steroid dienone is 1. The molecule has 0 atom stereocenters. The van der Waals surface area contributed by atoms with Crippen molar-refractivity contribution < 1.29 is 4.79 Å². The van der Waals surface area contributed by atoms with Gasteiger partial charge in [0.25, 0.3) is 0 Å². The summed E-state index contributed by atoms with van der Waals surface area (Å²) >= 11 is 0. The molecular formula is C8H13NO. The van der Waals surface area contributed by atoms with Crippen LogP contribution in [0.1, 0.15) is 13.3 Å². The van der Waals surface area contributed by atoms with Crippen molar-refractivity contribution in [1.29, 1.82) is 0 Å². The first kappa shape index (κ1) is 7.48. The molecule has 1 heterocycles. The van der Waals surface area contributed by atoms with Gasteiger partial charge in [-0.25, -0.2) is 0 Å². The van der Waals surface area contributed by atoms with E-state index in [1.807, 2.05) is 6.08 Å². The molecule has 0 aromatic carbocycles. The minimum atomic E-state index is -0.0955. The summed E-state index contributed by atoms with van der Waals surface area (Å²) in [5.74, 6) is 0.283. The summed E-state index contributed by atoms with van der Waals surface area (Å²) in [6, 6.07) is 0. The second-order valence-corrected chi connectivity index (χ2v) is 2.93. The molecule has 56 valence electrons. The van der Waals surface area contributed by atoms with Crippen LogP contribution in [0, 0.1) is 5.41 Å². The van der Waals surface area contributed by atoms with Crippen LogP contribution < -0.4 is 5.32 Å². The van der Waals surface area contributed by atoms with Crippen molar-refractivity contribution in [2.24, 2.45) is 5.41 Å². The lowest BCUT2D eigenvalue weighted by Crippen LogP contribution is -2.57. The summed E-state index contributed by atoms with van der Waals surface area (Å²) in [5, 5.41) is 3.10. The molecule has 1 fully saturated rings. The Morgan fingerprint density at radius 3 is 2.50 bits per heavy atom. The lowest BCUT2D eigenvalue weighted by molar-refractivity contribution is -0.129. The number of nitrogens with one attached hydrogen (secondary N) is 1. The van der Waals surface area contributed by atoms with Gasteiger partial charge >= 0.3 is 0 Å². The molecule has 2 nitrogen and oxygen atoms in total. The van der Waals surface area contributed by atoms with Gasteiger partial charge in [0.15, 0.2) is 0 Å². The predicted molar refractivity (Wildman–Crippen MR) is 40.8 cm³/mol. The smallest absolute Gasteiger partial charge is 0.138 e. The fourth-order valence-electron chi connectivity index (χ4n) is 1.24. The maximum absolute atomic E-state index is 11.1. The summed E-state index contributed by atoms with van der Waals surface area (Å²) < 4.78 is 0. The van der Waals surface area contributed by atoms with Crippen LogP contribution in [0.15, 0.2) is 12.7 Å². The Morgan fingerprint density at radius 1 is 1.80 bits per heavy atom. The molecule has 1 aliphatic rings. The number of carbonyl (C=O) groups excluding carboxylic acids is 1. The molecule has 0 saturated carbocycles. The molecule has 1 rings (SSSR count). The number of Topliss-reactive ketones (excluding diaryl/α,β-unsaturated/α-hetero) is 1. The van der Waals surface area contributed by atoms with Crippen molar-refractivity contribution in [1.82, 2.24) is 5.32 Å². The number of hydrogen-bond acceptors (Lipinski definition) is 2. The Labute approximate surface area is 61.3 Å². The maximum Gasteiger partial charge on any atom is 0.138 e.